The fourth-order valence-electron chi connectivity index (χ4n) is 4.82. The number of rotatable bonds is 4. The summed E-state index contributed by atoms with van der Waals surface area (Å²) in [6.07, 6.45) is 4.19. The molecular formula is C22H27N5O3S. The molecule has 9 heteroatoms. The second-order valence-corrected chi connectivity index (χ2v) is 8.87. The normalized spacial score (nSPS) is 24.9. The van der Waals surface area contributed by atoms with Gasteiger partial charge in [-0.25, -0.2) is 15.0 Å². The van der Waals surface area contributed by atoms with Gasteiger partial charge in [-0.15, -0.1) is 11.3 Å². The minimum absolute atomic E-state index is 0.205. The first-order valence-corrected chi connectivity index (χ1v) is 11.3. The number of methoxy groups -OCH3 is 1. The summed E-state index contributed by atoms with van der Waals surface area (Å²) in [6, 6.07) is 8.43. The van der Waals surface area contributed by atoms with Crippen LogP contribution in [0.2, 0.25) is 0 Å². The van der Waals surface area contributed by atoms with Crippen molar-refractivity contribution >= 4 is 39.7 Å². The van der Waals surface area contributed by atoms with E-state index in [1.807, 2.05) is 38.4 Å². The van der Waals surface area contributed by atoms with Gasteiger partial charge in [-0.3, -0.25) is 4.79 Å². The first-order chi connectivity index (χ1) is 15.1. The second-order valence-electron chi connectivity index (χ2n) is 7.98. The minimum atomic E-state index is -0.250. The number of hydrogen-bond acceptors (Lipinski definition) is 8. The van der Waals surface area contributed by atoms with Crippen molar-refractivity contribution in [3.05, 3.63) is 41.7 Å². The molecule has 0 amide bonds. The van der Waals surface area contributed by atoms with E-state index in [4.69, 9.17) is 19.6 Å². The molecule has 3 aromatic rings. The fraction of sp³-hybridized carbons (Fsp3) is 0.455. The minimum Gasteiger partial charge on any atom is -0.483 e. The van der Waals surface area contributed by atoms with E-state index in [2.05, 4.69) is 31.6 Å². The molecular weight excluding hydrogens is 414 g/mol. The highest BCUT2D eigenvalue weighted by molar-refractivity contribution is 7.16. The largest absolute Gasteiger partial charge is 0.483 e. The van der Waals surface area contributed by atoms with Gasteiger partial charge in [0.15, 0.2) is 0 Å². The lowest BCUT2D eigenvalue weighted by Crippen LogP contribution is -2.44. The van der Waals surface area contributed by atoms with Crippen molar-refractivity contribution in [1.82, 2.24) is 15.0 Å². The molecule has 4 heterocycles. The highest BCUT2D eigenvalue weighted by Crippen LogP contribution is 2.41. The van der Waals surface area contributed by atoms with Crippen LogP contribution < -0.4 is 10.2 Å². The van der Waals surface area contributed by atoms with Crippen molar-refractivity contribution in [2.75, 3.05) is 30.4 Å². The lowest BCUT2D eigenvalue weighted by atomic mass is 9.77. The number of anilines is 2. The van der Waals surface area contributed by atoms with Gasteiger partial charge in [0.1, 0.15) is 22.3 Å². The Balaban J connectivity index is 0.000000730. The summed E-state index contributed by atoms with van der Waals surface area (Å²) in [5.41, 5.74) is 0. The molecule has 5 rings (SSSR count). The Morgan fingerprint density at radius 3 is 2.71 bits per heavy atom. The lowest BCUT2D eigenvalue weighted by Gasteiger charge is -2.37. The number of ether oxygens (including phenoxy) is 1. The van der Waals surface area contributed by atoms with Crippen LogP contribution in [-0.2, 0) is 9.53 Å². The molecule has 0 unspecified atom stereocenters. The monoisotopic (exact) mass is 441 g/mol. The van der Waals surface area contributed by atoms with Gasteiger partial charge >= 0.3 is 0 Å². The standard InChI is InChI=1S/C21H25N5OS.CH2O2/c1-13-23-20(16-6-8-28-21(16)24-13)26-11-14-9-17(18(27-2)10-15(14)12-26)25-19-5-3-4-7-22-19;2-1-3/h3-8,14-15,17-18H,9-12H2,1-2H3,(H,22,25);1H,(H,2,3)/t14-,15+,17-,18-;/m1./s1. The molecule has 31 heavy (non-hydrogen) atoms. The van der Waals surface area contributed by atoms with E-state index in [9.17, 15) is 0 Å². The topological polar surface area (TPSA) is 100 Å². The SMILES string of the molecule is CO[C@@H]1C[C@H]2CN(c3nc(C)nc4sccc34)C[C@H]2C[C@H]1Nc1ccccn1.O=CO. The zero-order chi connectivity index (χ0) is 21.8. The van der Waals surface area contributed by atoms with E-state index >= 15 is 0 Å². The van der Waals surface area contributed by atoms with Gasteiger partial charge in [0.2, 0.25) is 0 Å². The molecule has 0 bridgehead atoms. The number of aryl methyl sites for hydroxylation is 1. The summed E-state index contributed by atoms with van der Waals surface area (Å²) >= 11 is 1.69. The zero-order valence-electron chi connectivity index (χ0n) is 17.6. The summed E-state index contributed by atoms with van der Waals surface area (Å²) in [5.74, 6) is 4.15. The molecule has 1 saturated carbocycles. The molecule has 2 fully saturated rings. The first kappa shape index (κ1) is 21.5. The molecule has 0 aromatic carbocycles. The molecule has 3 aromatic heterocycles. The van der Waals surface area contributed by atoms with E-state index in [0.29, 0.717) is 11.8 Å². The Kier molecular flexibility index (Phi) is 6.62. The van der Waals surface area contributed by atoms with E-state index < -0.39 is 0 Å². The maximum absolute atomic E-state index is 8.36. The van der Waals surface area contributed by atoms with E-state index in [1.54, 1.807) is 11.3 Å². The molecule has 2 aliphatic rings. The quantitative estimate of drug-likeness (QED) is 0.594. The average molecular weight is 442 g/mol. The van der Waals surface area contributed by atoms with Crippen molar-refractivity contribution in [3.63, 3.8) is 0 Å². The van der Waals surface area contributed by atoms with Crippen LogP contribution in [0, 0.1) is 18.8 Å². The highest BCUT2D eigenvalue weighted by atomic mass is 32.1. The van der Waals surface area contributed by atoms with Crippen molar-refractivity contribution in [1.29, 1.82) is 0 Å². The van der Waals surface area contributed by atoms with Crippen LogP contribution in [0.1, 0.15) is 18.7 Å². The molecule has 1 saturated heterocycles. The predicted octanol–water partition coefficient (Wildman–Crippen LogP) is 3.44. The predicted molar refractivity (Wildman–Crippen MR) is 122 cm³/mol. The fourth-order valence-corrected chi connectivity index (χ4v) is 5.63. The van der Waals surface area contributed by atoms with Crippen molar-refractivity contribution in [2.24, 2.45) is 11.8 Å². The number of nitrogens with one attached hydrogen (secondary N) is 1. The molecule has 2 N–H and O–H groups in total. The van der Waals surface area contributed by atoms with Crippen LogP contribution in [0.4, 0.5) is 11.6 Å². The van der Waals surface area contributed by atoms with E-state index in [1.165, 1.54) is 5.39 Å². The number of thiophene rings is 1. The number of pyridine rings is 1. The van der Waals surface area contributed by atoms with E-state index in [-0.39, 0.29) is 18.6 Å². The second kappa shape index (κ2) is 9.57. The Morgan fingerprint density at radius 2 is 2.00 bits per heavy atom. The molecule has 0 radical (unpaired) electrons. The number of aromatic nitrogens is 3. The molecule has 164 valence electrons. The maximum atomic E-state index is 8.36. The Hall–Kier alpha value is -2.78. The summed E-state index contributed by atoms with van der Waals surface area (Å²) in [4.78, 5) is 25.7. The number of carboxylic acid groups (broad SMARTS) is 1. The molecule has 1 aliphatic carbocycles. The van der Waals surface area contributed by atoms with Gasteiger partial charge < -0.3 is 20.1 Å². The Morgan fingerprint density at radius 1 is 1.23 bits per heavy atom. The Labute approximate surface area is 185 Å². The summed E-state index contributed by atoms with van der Waals surface area (Å²) in [5, 5.41) is 13.8. The highest BCUT2D eigenvalue weighted by Gasteiger charge is 2.43. The molecule has 4 atom stereocenters. The number of carbonyl (C=O) groups is 1. The summed E-state index contributed by atoms with van der Waals surface area (Å²) in [7, 11) is 1.83. The Bertz CT molecular complexity index is 1010. The van der Waals surface area contributed by atoms with Gasteiger partial charge in [0.05, 0.1) is 17.5 Å². The van der Waals surface area contributed by atoms with Crippen molar-refractivity contribution < 1.29 is 14.6 Å². The van der Waals surface area contributed by atoms with Crippen molar-refractivity contribution in [2.45, 2.75) is 31.9 Å². The molecule has 1 aliphatic heterocycles. The van der Waals surface area contributed by atoms with Gasteiger partial charge in [-0.2, -0.15) is 0 Å². The van der Waals surface area contributed by atoms with Gasteiger partial charge in [0, 0.05) is 26.4 Å². The summed E-state index contributed by atoms with van der Waals surface area (Å²) in [6.45, 7) is 3.82. The number of hydrogen-bond donors (Lipinski definition) is 2. The molecule has 8 nitrogen and oxygen atoms in total. The average Bonchev–Trinajstić information content (AvgIpc) is 3.40. The van der Waals surface area contributed by atoms with E-state index in [0.717, 1.165) is 48.2 Å². The van der Waals surface area contributed by atoms with Crippen LogP contribution in [0.25, 0.3) is 10.2 Å². The maximum Gasteiger partial charge on any atom is 0.290 e. The zero-order valence-corrected chi connectivity index (χ0v) is 18.5. The van der Waals surface area contributed by atoms with Crippen LogP contribution in [0.3, 0.4) is 0 Å². The third-order valence-electron chi connectivity index (χ3n) is 6.13. The first-order valence-electron chi connectivity index (χ1n) is 10.4. The van der Waals surface area contributed by atoms with Crippen LogP contribution in [-0.4, -0.2) is 58.9 Å². The lowest BCUT2D eigenvalue weighted by molar-refractivity contribution is -0.122. The summed E-state index contributed by atoms with van der Waals surface area (Å²) < 4.78 is 5.87. The van der Waals surface area contributed by atoms with Gasteiger partial charge in [-0.05, 0) is 55.2 Å². The molecule has 0 spiro atoms. The number of nitrogens with zero attached hydrogens (tertiary/aromatic N) is 4. The van der Waals surface area contributed by atoms with Crippen molar-refractivity contribution in [3.8, 4) is 0 Å². The van der Waals surface area contributed by atoms with Crippen LogP contribution >= 0.6 is 11.3 Å². The van der Waals surface area contributed by atoms with Crippen LogP contribution in [0.5, 0.6) is 0 Å². The van der Waals surface area contributed by atoms with Gasteiger partial charge in [0.25, 0.3) is 6.47 Å². The third kappa shape index (κ3) is 4.62. The smallest absolute Gasteiger partial charge is 0.290 e. The van der Waals surface area contributed by atoms with Crippen LogP contribution in [0.15, 0.2) is 35.8 Å². The van der Waals surface area contributed by atoms with Gasteiger partial charge in [-0.1, -0.05) is 6.07 Å². The third-order valence-corrected chi connectivity index (χ3v) is 6.94. The number of fused-ring (bicyclic) bond motifs is 2.